The number of benzene rings is 4. The van der Waals surface area contributed by atoms with Crippen LogP contribution in [-0.2, 0) is 0 Å². The van der Waals surface area contributed by atoms with Crippen molar-refractivity contribution < 1.29 is 10.0 Å². The van der Waals surface area contributed by atoms with E-state index in [0.717, 1.165) is 38.6 Å². The van der Waals surface area contributed by atoms with E-state index < -0.39 is 7.12 Å². The summed E-state index contributed by atoms with van der Waals surface area (Å²) in [5.74, 6) is 0. The first kappa shape index (κ1) is 19.4. The molecule has 0 saturated heterocycles. The first-order valence-corrected chi connectivity index (χ1v) is 10.3. The minimum atomic E-state index is -1.52. The normalized spacial score (nSPS) is 11.7. The number of aromatic nitrogens is 1. The van der Waals surface area contributed by atoms with E-state index in [0.29, 0.717) is 5.46 Å². The molecule has 0 aliphatic heterocycles. The van der Waals surface area contributed by atoms with Crippen molar-refractivity contribution >= 4 is 57.2 Å². The zero-order chi connectivity index (χ0) is 21.5. The van der Waals surface area contributed by atoms with Crippen molar-refractivity contribution in [2.75, 3.05) is 0 Å². The Morgan fingerprint density at radius 3 is 2.19 bits per heavy atom. The van der Waals surface area contributed by atoms with Crippen molar-refractivity contribution in [3.05, 3.63) is 96.7 Å². The molecule has 0 fully saturated rings. The maximum atomic E-state index is 9.88. The summed E-state index contributed by atoms with van der Waals surface area (Å²) in [5.41, 5.74) is 4.70. The van der Waals surface area contributed by atoms with E-state index in [1.165, 1.54) is 10.8 Å². The molecule has 1 aromatic heterocycles. The molecule has 0 bridgehead atoms. The van der Waals surface area contributed by atoms with Gasteiger partial charge in [-0.3, -0.25) is 0 Å². The third-order valence-corrected chi connectivity index (χ3v) is 5.89. The Morgan fingerprint density at radius 1 is 0.839 bits per heavy atom. The molecular formula is C27H22BNO2. The van der Waals surface area contributed by atoms with Crippen LogP contribution in [0.5, 0.6) is 0 Å². The fourth-order valence-electron chi connectivity index (χ4n) is 4.54. The van der Waals surface area contributed by atoms with Gasteiger partial charge in [0.2, 0.25) is 0 Å². The predicted octanol–water partition coefficient (Wildman–Crippen LogP) is 5.29. The lowest BCUT2D eigenvalue weighted by Crippen LogP contribution is -2.30. The van der Waals surface area contributed by atoms with Crippen molar-refractivity contribution in [3.8, 4) is 5.69 Å². The van der Waals surface area contributed by atoms with Gasteiger partial charge in [0, 0.05) is 16.3 Å². The first-order chi connectivity index (χ1) is 15.1. The van der Waals surface area contributed by atoms with Crippen LogP contribution in [0.2, 0.25) is 0 Å². The largest absolute Gasteiger partial charge is 0.489 e. The van der Waals surface area contributed by atoms with Gasteiger partial charge < -0.3 is 14.6 Å². The molecule has 3 nitrogen and oxygen atoms in total. The van der Waals surface area contributed by atoms with Crippen LogP contribution in [-0.4, -0.2) is 21.7 Å². The van der Waals surface area contributed by atoms with E-state index in [9.17, 15) is 10.0 Å². The van der Waals surface area contributed by atoms with Gasteiger partial charge in [-0.05, 0) is 52.8 Å². The second-order valence-corrected chi connectivity index (χ2v) is 7.65. The highest BCUT2D eigenvalue weighted by Crippen LogP contribution is 2.36. The highest BCUT2D eigenvalue weighted by Gasteiger charge is 2.20. The van der Waals surface area contributed by atoms with Gasteiger partial charge in [-0.1, -0.05) is 73.3 Å². The average Bonchev–Trinajstić information content (AvgIpc) is 3.08. The van der Waals surface area contributed by atoms with Gasteiger partial charge in [0.05, 0.1) is 16.9 Å². The van der Waals surface area contributed by atoms with Crippen LogP contribution in [0, 0.1) is 0 Å². The minimum Gasteiger partial charge on any atom is -0.423 e. The van der Waals surface area contributed by atoms with E-state index in [2.05, 4.69) is 53.6 Å². The molecule has 0 radical (unpaired) electrons. The molecule has 31 heavy (non-hydrogen) atoms. The molecule has 0 atom stereocenters. The lowest BCUT2D eigenvalue weighted by atomic mass is 9.77. The number of hydrogen-bond donors (Lipinski definition) is 2. The Bertz CT molecular complexity index is 1490. The second-order valence-electron chi connectivity index (χ2n) is 7.65. The summed E-state index contributed by atoms with van der Waals surface area (Å²) in [4.78, 5) is 0. The zero-order valence-corrected chi connectivity index (χ0v) is 17.3. The molecule has 4 heteroatoms. The predicted molar refractivity (Wildman–Crippen MR) is 133 cm³/mol. The number of fused-ring (bicyclic) bond motifs is 3. The first-order valence-electron chi connectivity index (χ1n) is 10.3. The summed E-state index contributed by atoms with van der Waals surface area (Å²) in [7, 11) is -1.52. The van der Waals surface area contributed by atoms with E-state index in [1.807, 2.05) is 49.4 Å². The van der Waals surface area contributed by atoms with E-state index >= 15 is 0 Å². The second kappa shape index (κ2) is 7.58. The molecular weight excluding hydrogens is 381 g/mol. The van der Waals surface area contributed by atoms with E-state index in [4.69, 9.17) is 0 Å². The summed E-state index contributed by atoms with van der Waals surface area (Å²) in [6.45, 7) is 6.11. The maximum Gasteiger partial charge on any atom is 0.489 e. The van der Waals surface area contributed by atoms with Crippen LogP contribution in [0.1, 0.15) is 18.2 Å². The average molecular weight is 403 g/mol. The van der Waals surface area contributed by atoms with Crippen LogP contribution in [0.25, 0.3) is 50.3 Å². The fraction of sp³-hybridized carbons (Fsp3) is 0.0370. The molecule has 0 unspecified atom stereocenters. The summed E-state index contributed by atoms with van der Waals surface area (Å²) in [6, 6.07) is 24.4. The molecule has 5 rings (SSSR count). The van der Waals surface area contributed by atoms with Crippen molar-refractivity contribution in [2.45, 2.75) is 6.92 Å². The Hall–Kier alpha value is -3.60. The Labute approximate surface area is 181 Å². The fourth-order valence-corrected chi connectivity index (χ4v) is 4.54. The molecule has 0 aliphatic carbocycles. The zero-order valence-electron chi connectivity index (χ0n) is 17.3. The lowest BCUT2D eigenvalue weighted by Gasteiger charge is -2.15. The van der Waals surface area contributed by atoms with E-state index in [-0.39, 0.29) is 0 Å². The summed E-state index contributed by atoms with van der Waals surface area (Å²) < 4.78 is 2.24. The standard InChI is InChI=1S/C27H22BNO2/c1-3-9-25-20(4-2)23-16-18-10-5-6-11-19(18)17-27(23)29(25)26-15-14-24(28(30)31)21-12-7-8-13-22(21)26/h3-17,30-31H,2H2,1H3/b9-3-. The summed E-state index contributed by atoms with van der Waals surface area (Å²) in [5, 5.41) is 25.0. The van der Waals surface area contributed by atoms with Gasteiger partial charge in [-0.2, -0.15) is 0 Å². The maximum absolute atomic E-state index is 9.88. The molecule has 0 saturated carbocycles. The quantitative estimate of drug-likeness (QED) is 0.401. The summed E-state index contributed by atoms with van der Waals surface area (Å²) >= 11 is 0. The Morgan fingerprint density at radius 2 is 1.52 bits per heavy atom. The highest BCUT2D eigenvalue weighted by atomic mass is 16.4. The molecule has 5 aromatic rings. The molecule has 2 N–H and O–H groups in total. The van der Waals surface area contributed by atoms with Gasteiger partial charge in [-0.25, -0.2) is 0 Å². The molecule has 0 spiro atoms. The van der Waals surface area contributed by atoms with Crippen molar-refractivity contribution in [3.63, 3.8) is 0 Å². The van der Waals surface area contributed by atoms with Crippen LogP contribution < -0.4 is 5.46 Å². The third kappa shape index (κ3) is 3.00. The van der Waals surface area contributed by atoms with Crippen LogP contribution in [0.3, 0.4) is 0 Å². The van der Waals surface area contributed by atoms with Gasteiger partial charge in [0.15, 0.2) is 0 Å². The monoisotopic (exact) mass is 403 g/mol. The molecule has 4 aromatic carbocycles. The SMILES string of the molecule is C=Cc1c(/C=C\C)n(-c2ccc(B(O)O)c3ccccc23)c2cc3ccccc3cc12. The number of allylic oxidation sites excluding steroid dienone is 1. The number of rotatable bonds is 4. The molecule has 0 amide bonds. The third-order valence-electron chi connectivity index (χ3n) is 5.89. The summed E-state index contributed by atoms with van der Waals surface area (Å²) in [6.07, 6.45) is 6.05. The van der Waals surface area contributed by atoms with Gasteiger partial charge in [0.25, 0.3) is 0 Å². The van der Waals surface area contributed by atoms with Gasteiger partial charge in [0.1, 0.15) is 0 Å². The Kier molecular flexibility index (Phi) is 4.74. The van der Waals surface area contributed by atoms with Crippen molar-refractivity contribution in [1.82, 2.24) is 4.57 Å². The molecule has 1 heterocycles. The van der Waals surface area contributed by atoms with Gasteiger partial charge >= 0.3 is 7.12 Å². The topological polar surface area (TPSA) is 45.4 Å². The van der Waals surface area contributed by atoms with Crippen LogP contribution in [0.15, 0.2) is 85.5 Å². The lowest BCUT2D eigenvalue weighted by molar-refractivity contribution is 0.426. The van der Waals surface area contributed by atoms with E-state index in [1.54, 1.807) is 6.07 Å². The number of nitrogens with zero attached hydrogens (tertiary/aromatic N) is 1. The smallest absolute Gasteiger partial charge is 0.423 e. The van der Waals surface area contributed by atoms with Crippen molar-refractivity contribution in [1.29, 1.82) is 0 Å². The van der Waals surface area contributed by atoms with Crippen LogP contribution >= 0.6 is 0 Å². The molecule has 150 valence electrons. The minimum absolute atomic E-state index is 0.498. The molecule has 0 aliphatic rings. The van der Waals surface area contributed by atoms with Gasteiger partial charge in [-0.15, -0.1) is 0 Å². The number of hydrogen-bond acceptors (Lipinski definition) is 2. The van der Waals surface area contributed by atoms with Crippen molar-refractivity contribution in [2.24, 2.45) is 0 Å². The Balaban J connectivity index is 1.97. The van der Waals surface area contributed by atoms with Crippen LogP contribution in [0.4, 0.5) is 0 Å². The highest BCUT2D eigenvalue weighted by molar-refractivity contribution is 6.62.